The summed E-state index contributed by atoms with van der Waals surface area (Å²) in [6.45, 7) is 3.59. The SMILES string of the molecule is O=C(NC1CC1)C(Sc1nnc(N2CCCCC2)n1CC1CCCO1)c1ccccc1. The number of amides is 1. The predicted octanol–water partition coefficient (Wildman–Crippen LogP) is 3.56. The van der Waals surface area contributed by atoms with Gasteiger partial charge in [-0.25, -0.2) is 0 Å². The molecule has 2 aromatic rings. The lowest BCUT2D eigenvalue weighted by molar-refractivity contribution is -0.120. The molecule has 1 saturated carbocycles. The maximum atomic E-state index is 13.1. The molecule has 3 fully saturated rings. The highest BCUT2D eigenvalue weighted by molar-refractivity contribution is 8.00. The minimum atomic E-state index is -0.344. The summed E-state index contributed by atoms with van der Waals surface area (Å²) in [6, 6.07) is 10.3. The van der Waals surface area contributed by atoms with Crippen molar-refractivity contribution in [1.82, 2.24) is 20.1 Å². The molecule has 3 heterocycles. The van der Waals surface area contributed by atoms with Gasteiger partial charge in [0.1, 0.15) is 5.25 Å². The molecule has 7 nitrogen and oxygen atoms in total. The molecule has 0 radical (unpaired) electrons. The summed E-state index contributed by atoms with van der Waals surface area (Å²) in [5, 5.41) is 12.8. The third-order valence-electron chi connectivity index (χ3n) is 6.23. The van der Waals surface area contributed by atoms with Crippen molar-refractivity contribution in [2.45, 2.75) is 74.0 Å². The smallest absolute Gasteiger partial charge is 0.238 e. The van der Waals surface area contributed by atoms with Gasteiger partial charge in [-0.3, -0.25) is 9.36 Å². The zero-order valence-corrected chi connectivity index (χ0v) is 18.7. The first-order valence-corrected chi connectivity index (χ1v) is 12.5. The minimum Gasteiger partial charge on any atom is -0.376 e. The van der Waals surface area contributed by atoms with Crippen molar-refractivity contribution in [2.24, 2.45) is 0 Å². The van der Waals surface area contributed by atoms with Crippen LogP contribution in [-0.2, 0) is 16.1 Å². The van der Waals surface area contributed by atoms with Crippen LogP contribution in [0.3, 0.4) is 0 Å². The van der Waals surface area contributed by atoms with Crippen molar-refractivity contribution in [1.29, 1.82) is 0 Å². The van der Waals surface area contributed by atoms with Crippen LogP contribution in [0.1, 0.15) is 55.8 Å². The van der Waals surface area contributed by atoms with E-state index in [1.54, 1.807) is 0 Å². The number of nitrogens with one attached hydrogen (secondary N) is 1. The van der Waals surface area contributed by atoms with Gasteiger partial charge in [0, 0.05) is 25.7 Å². The van der Waals surface area contributed by atoms with Crippen LogP contribution < -0.4 is 10.2 Å². The summed E-state index contributed by atoms with van der Waals surface area (Å²) >= 11 is 1.51. The lowest BCUT2D eigenvalue weighted by Gasteiger charge is -2.28. The van der Waals surface area contributed by atoms with Gasteiger partial charge < -0.3 is 15.0 Å². The van der Waals surface area contributed by atoms with E-state index >= 15 is 0 Å². The Bertz CT molecular complexity index is 873. The Balaban J connectivity index is 1.43. The number of hydrogen-bond donors (Lipinski definition) is 1. The van der Waals surface area contributed by atoms with Crippen molar-refractivity contribution in [3.63, 3.8) is 0 Å². The zero-order chi connectivity index (χ0) is 21.0. The van der Waals surface area contributed by atoms with E-state index in [1.165, 1.54) is 31.0 Å². The van der Waals surface area contributed by atoms with Crippen LogP contribution in [0.25, 0.3) is 0 Å². The Morgan fingerprint density at radius 2 is 1.90 bits per heavy atom. The van der Waals surface area contributed by atoms with Crippen molar-refractivity contribution >= 4 is 23.6 Å². The predicted molar refractivity (Wildman–Crippen MR) is 121 cm³/mol. The molecule has 8 heteroatoms. The van der Waals surface area contributed by atoms with Crippen LogP contribution in [0, 0.1) is 0 Å². The van der Waals surface area contributed by atoms with Gasteiger partial charge in [0.15, 0.2) is 5.16 Å². The summed E-state index contributed by atoms with van der Waals surface area (Å²) in [4.78, 5) is 15.5. The number of benzene rings is 1. The molecule has 1 aliphatic carbocycles. The molecule has 2 aliphatic heterocycles. The van der Waals surface area contributed by atoms with E-state index in [2.05, 4.69) is 25.0 Å². The van der Waals surface area contributed by atoms with Crippen molar-refractivity contribution < 1.29 is 9.53 Å². The topological polar surface area (TPSA) is 72.3 Å². The number of ether oxygens (including phenoxy) is 1. The number of carbonyl (C=O) groups is 1. The summed E-state index contributed by atoms with van der Waals surface area (Å²) in [5.74, 6) is 0.983. The Morgan fingerprint density at radius 1 is 1.10 bits per heavy atom. The second kappa shape index (κ2) is 9.61. The average Bonchev–Trinajstić information content (AvgIpc) is 3.31. The molecule has 3 aliphatic rings. The van der Waals surface area contributed by atoms with Gasteiger partial charge in [0.05, 0.1) is 12.6 Å². The number of thioether (sulfide) groups is 1. The number of rotatable bonds is 8. The number of nitrogens with zero attached hydrogens (tertiary/aromatic N) is 4. The second-order valence-corrected chi connectivity index (χ2v) is 9.84. The molecule has 2 atom stereocenters. The van der Waals surface area contributed by atoms with Gasteiger partial charge in [0.2, 0.25) is 11.9 Å². The van der Waals surface area contributed by atoms with E-state index < -0.39 is 0 Å². The van der Waals surface area contributed by atoms with Gasteiger partial charge in [0.25, 0.3) is 0 Å². The summed E-state index contributed by atoms with van der Waals surface area (Å²) < 4.78 is 8.14. The first-order valence-electron chi connectivity index (χ1n) is 11.6. The molecular formula is C23H31N5O2S. The van der Waals surface area contributed by atoms with E-state index in [4.69, 9.17) is 4.74 Å². The molecule has 0 bridgehead atoms. The molecule has 31 heavy (non-hydrogen) atoms. The molecule has 1 aromatic heterocycles. The number of anilines is 1. The van der Waals surface area contributed by atoms with E-state index in [0.717, 1.165) is 68.6 Å². The van der Waals surface area contributed by atoms with E-state index in [9.17, 15) is 4.79 Å². The fraction of sp³-hybridized carbons (Fsp3) is 0.609. The molecule has 166 valence electrons. The van der Waals surface area contributed by atoms with E-state index in [0.29, 0.717) is 6.04 Å². The number of hydrogen-bond acceptors (Lipinski definition) is 6. The third kappa shape index (κ3) is 5.06. The molecule has 5 rings (SSSR count). The Kier molecular flexibility index (Phi) is 6.45. The van der Waals surface area contributed by atoms with E-state index in [-0.39, 0.29) is 17.3 Å². The molecule has 0 spiro atoms. The highest BCUT2D eigenvalue weighted by Crippen LogP contribution is 2.37. The molecule has 1 amide bonds. The van der Waals surface area contributed by atoms with Crippen LogP contribution in [0.5, 0.6) is 0 Å². The first-order chi connectivity index (χ1) is 15.3. The standard InChI is InChI=1S/C23H31N5O2S/c29-21(24-18-11-12-18)20(17-8-3-1-4-9-17)31-23-26-25-22(27-13-5-2-6-14-27)28(23)16-19-10-7-15-30-19/h1,3-4,8-9,18-20H,2,5-7,10-16H2,(H,24,29). The van der Waals surface area contributed by atoms with Gasteiger partial charge in [-0.15, -0.1) is 10.2 Å². The van der Waals surface area contributed by atoms with E-state index in [1.807, 2.05) is 30.3 Å². The molecule has 2 saturated heterocycles. The van der Waals surface area contributed by atoms with Crippen LogP contribution in [0.15, 0.2) is 35.5 Å². The summed E-state index contributed by atoms with van der Waals surface area (Å²) in [5.41, 5.74) is 0.997. The van der Waals surface area contributed by atoms with Crippen molar-refractivity contribution in [2.75, 3.05) is 24.6 Å². The fourth-order valence-corrected chi connectivity index (χ4v) is 5.41. The lowest BCUT2D eigenvalue weighted by Crippen LogP contribution is -2.33. The van der Waals surface area contributed by atoms with Gasteiger partial charge in [-0.1, -0.05) is 42.1 Å². The highest BCUT2D eigenvalue weighted by atomic mass is 32.2. The third-order valence-corrected chi connectivity index (χ3v) is 7.47. The van der Waals surface area contributed by atoms with Crippen LogP contribution >= 0.6 is 11.8 Å². The maximum Gasteiger partial charge on any atom is 0.238 e. The highest BCUT2D eigenvalue weighted by Gasteiger charge is 2.32. The molecule has 1 N–H and O–H groups in total. The molecule has 2 unspecified atom stereocenters. The van der Waals surface area contributed by atoms with Crippen molar-refractivity contribution in [3.8, 4) is 0 Å². The second-order valence-electron chi connectivity index (χ2n) is 8.77. The number of carbonyl (C=O) groups excluding carboxylic acids is 1. The Labute approximate surface area is 187 Å². The van der Waals surface area contributed by atoms with Gasteiger partial charge >= 0.3 is 0 Å². The molecular weight excluding hydrogens is 410 g/mol. The summed E-state index contributed by atoms with van der Waals surface area (Å²) in [6.07, 6.45) is 8.15. The van der Waals surface area contributed by atoms with Crippen LogP contribution in [0.4, 0.5) is 5.95 Å². The largest absolute Gasteiger partial charge is 0.376 e. The normalized spacial score (nSPS) is 22.5. The van der Waals surface area contributed by atoms with Gasteiger partial charge in [-0.2, -0.15) is 0 Å². The quantitative estimate of drug-likeness (QED) is 0.632. The first kappa shape index (κ1) is 20.8. The van der Waals surface area contributed by atoms with Crippen LogP contribution in [0.2, 0.25) is 0 Å². The minimum absolute atomic E-state index is 0.0601. The lowest BCUT2D eigenvalue weighted by atomic mass is 10.1. The Morgan fingerprint density at radius 3 is 2.61 bits per heavy atom. The number of piperidine rings is 1. The van der Waals surface area contributed by atoms with Gasteiger partial charge in [-0.05, 0) is 50.5 Å². The number of aromatic nitrogens is 3. The summed E-state index contributed by atoms with van der Waals surface area (Å²) in [7, 11) is 0. The monoisotopic (exact) mass is 441 g/mol. The molecule has 1 aromatic carbocycles. The van der Waals surface area contributed by atoms with Crippen molar-refractivity contribution in [3.05, 3.63) is 35.9 Å². The average molecular weight is 442 g/mol. The van der Waals surface area contributed by atoms with Crippen LogP contribution in [-0.4, -0.2) is 52.5 Å². The zero-order valence-electron chi connectivity index (χ0n) is 17.9. The maximum absolute atomic E-state index is 13.1. The Hall–Kier alpha value is -2.06. The fourth-order valence-electron chi connectivity index (χ4n) is 4.36.